The van der Waals surface area contributed by atoms with Crippen molar-refractivity contribution in [2.45, 2.75) is 123 Å². The predicted molar refractivity (Wildman–Crippen MR) is 222 cm³/mol. The first-order chi connectivity index (χ1) is 26.5. The lowest BCUT2D eigenvalue weighted by Gasteiger charge is -2.36. The molecule has 0 aliphatic carbocycles. The van der Waals surface area contributed by atoms with Gasteiger partial charge in [-0.25, -0.2) is 18.3 Å². The van der Waals surface area contributed by atoms with E-state index in [0.717, 1.165) is 58.2 Å². The molecule has 0 atom stereocenters. The quantitative estimate of drug-likeness (QED) is 0.0641. The number of para-hydroxylation sites is 2. The number of hydrogen-bond acceptors (Lipinski definition) is 1. The van der Waals surface area contributed by atoms with Crippen LogP contribution in [0, 0.1) is 0 Å². The first-order valence-electron chi connectivity index (χ1n) is 20.8. The molecule has 0 unspecified atom stereocenters. The zero-order chi connectivity index (χ0) is 37.3. The highest BCUT2D eigenvalue weighted by atomic mass is 16.5. The Hall–Kier alpha value is -4.90. The Morgan fingerprint density at radius 3 is 1.33 bits per heavy atom. The zero-order valence-electron chi connectivity index (χ0n) is 33.1. The van der Waals surface area contributed by atoms with E-state index in [9.17, 15) is 0 Å². The largest absolute Gasteiger partial charge is 0.455 e. The molecule has 5 heteroatoms. The van der Waals surface area contributed by atoms with Gasteiger partial charge in [0.2, 0.25) is 12.7 Å². The molecule has 4 aromatic carbocycles. The fourth-order valence-electron chi connectivity index (χ4n) is 8.11. The summed E-state index contributed by atoms with van der Waals surface area (Å²) in [6.45, 7) is 11.3. The summed E-state index contributed by atoms with van der Waals surface area (Å²) in [5.74, 6) is 1.90. The zero-order valence-corrected chi connectivity index (χ0v) is 33.1. The van der Waals surface area contributed by atoms with Gasteiger partial charge in [-0.2, -0.15) is 0 Å². The van der Waals surface area contributed by atoms with Gasteiger partial charge in [0, 0.05) is 27.7 Å². The highest BCUT2D eigenvalue weighted by molar-refractivity contribution is 5.81. The standard InChI is InChI=1S/C49H60N4O/c1-5-7-9-11-13-15-31-50-33-35-52(37-50)41-27-23-39(24-28-41)43-19-17-21-45-47(43)54-48-44(20-18-22-46(48)49(45,3)4)40-25-29-42(30-26-40)53-36-34-51(38-53)32-16-14-12-10-8-6-2/h17-30,33-38H,5-16,31-32H2,1-4H3/q+2. The molecule has 7 rings (SSSR count). The third-order valence-corrected chi connectivity index (χ3v) is 11.5. The third kappa shape index (κ3) is 8.41. The van der Waals surface area contributed by atoms with Crippen LogP contribution in [-0.2, 0) is 18.5 Å². The van der Waals surface area contributed by atoms with Crippen LogP contribution >= 0.6 is 0 Å². The molecule has 0 spiro atoms. The summed E-state index contributed by atoms with van der Waals surface area (Å²) in [4.78, 5) is 0. The van der Waals surface area contributed by atoms with Crippen LogP contribution in [0.2, 0.25) is 0 Å². The van der Waals surface area contributed by atoms with E-state index in [-0.39, 0.29) is 5.41 Å². The fourth-order valence-corrected chi connectivity index (χ4v) is 8.11. The van der Waals surface area contributed by atoms with Crippen LogP contribution in [0.25, 0.3) is 33.6 Å². The van der Waals surface area contributed by atoms with Crippen LogP contribution in [0.4, 0.5) is 0 Å². The first kappa shape index (κ1) is 37.4. The van der Waals surface area contributed by atoms with E-state index >= 15 is 0 Å². The molecule has 0 bridgehead atoms. The number of unbranched alkanes of at least 4 members (excludes halogenated alkanes) is 10. The summed E-state index contributed by atoms with van der Waals surface area (Å²) in [6.07, 6.45) is 28.9. The maximum Gasteiger partial charge on any atom is 0.248 e. The lowest BCUT2D eigenvalue weighted by atomic mass is 9.74. The Balaban J connectivity index is 1.07. The minimum Gasteiger partial charge on any atom is -0.455 e. The van der Waals surface area contributed by atoms with Crippen molar-refractivity contribution in [3.8, 4) is 45.1 Å². The van der Waals surface area contributed by atoms with Gasteiger partial charge in [-0.1, -0.05) is 140 Å². The number of aryl methyl sites for hydroxylation is 2. The van der Waals surface area contributed by atoms with E-state index in [4.69, 9.17) is 4.74 Å². The minimum absolute atomic E-state index is 0.224. The average Bonchev–Trinajstić information content (AvgIpc) is 3.88. The lowest BCUT2D eigenvalue weighted by molar-refractivity contribution is -0.696. The van der Waals surface area contributed by atoms with E-state index in [1.165, 1.54) is 88.2 Å². The van der Waals surface area contributed by atoms with E-state index in [0.29, 0.717) is 0 Å². The Labute approximate surface area is 323 Å². The fraction of sp³-hybridized carbons (Fsp3) is 0.388. The van der Waals surface area contributed by atoms with Crippen LogP contribution in [0.3, 0.4) is 0 Å². The Morgan fingerprint density at radius 2 is 0.907 bits per heavy atom. The maximum absolute atomic E-state index is 7.04. The SMILES string of the molecule is CCCCCCCC[n+]1ccn(-c2ccc(-c3cccc4c3Oc3c(-c5ccc(-n6cc[n+](CCCCCCCC)c6)cc5)cccc3C4(C)C)cc2)c1. The van der Waals surface area contributed by atoms with Gasteiger partial charge in [-0.05, 0) is 61.1 Å². The Kier molecular flexibility index (Phi) is 12.1. The molecule has 2 aromatic heterocycles. The smallest absolute Gasteiger partial charge is 0.248 e. The summed E-state index contributed by atoms with van der Waals surface area (Å²) < 4.78 is 16.1. The summed E-state index contributed by atoms with van der Waals surface area (Å²) in [6, 6.07) is 31.0. The van der Waals surface area contributed by atoms with Crippen LogP contribution in [0.1, 0.15) is 116 Å². The number of imidazole rings is 2. The number of aromatic nitrogens is 4. The predicted octanol–water partition coefficient (Wildman–Crippen LogP) is 12.3. The van der Waals surface area contributed by atoms with Crippen molar-refractivity contribution in [3.05, 3.63) is 133 Å². The minimum atomic E-state index is -0.224. The number of fused-ring (bicyclic) bond motifs is 2. The molecule has 5 nitrogen and oxygen atoms in total. The molecular formula is C49H60N4O+2. The van der Waals surface area contributed by atoms with Crippen molar-refractivity contribution < 1.29 is 13.9 Å². The van der Waals surface area contributed by atoms with E-state index in [2.05, 4.69) is 168 Å². The monoisotopic (exact) mass is 720 g/mol. The molecule has 0 saturated heterocycles. The van der Waals surface area contributed by atoms with Crippen LogP contribution < -0.4 is 13.9 Å². The number of nitrogens with zero attached hydrogens (tertiary/aromatic N) is 4. The van der Waals surface area contributed by atoms with Crippen molar-refractivity contribution in [1.29, 1.82) is 0 Å². The van der Waals surface area contributed by atoms with Crippen molar-refractivity contribution in [3.63, 3.8) is 0 Å². The summed E-state index contributed by atoms with van der Waals surface area (Å²) in [5.41, 5.74) is 9.09. The third-order valence-electron chi connectivity index (χ3n) is 11.5. The van der Waals surface area contributed by atoms with Gasteiger partial charge in [-0.15, -0.1) is 0 Å². The summed E-state index contributed by atoms with van der Waals surface area (Å²) in [5, 5.41) is 0. The molecule has 0 amide bonds. The molecule has 280 valence electrons. The van der Waals surface area contributed by atoms with Crippen molar-refractivity contribution >= 4 is 0 Å². The molecule has 0 saturated carbocycles. The Bertz CT molecular complexity index is 1950. The molecule has 1 aliphatic rings. The lowest BCUT2D eigenvalue weighted by Crippen LogP contribution is -2.30. The highest BCUT2D eigenvalue weighted by Crippen LogP contribution is 2.53. The second kappa shape index (κ2) is 17.5. The highest BCUT2D eigenvalue weighted by Gasteiger charge is 2.37. The van der Waals surface area contributed by atoms with Gasteiger partial charge < -0.3 is 4.74 Å². The van der Waals surface area contributed by atoms with Gasteiger partial charge >= 0.3 is 0 Å². The summed E-state index contributed by atoms with van der Waals surface area (Å²) >= 11 is 0. The van der Waals surface area contributed by atoms with Crippen LogP contribution in [0.15, 0.2) is 122 Å². The second-order valence-corrected chi connectivity index (χ2v) is 15.8. The van der Waals surface area contributed by atoms with E-state index in [1.807, 2.05) is 0 Å². The average molecular weight is 721 g/mol. The topological polar surface area (TPSA) is 26.8 Å². The Morgan fingerprint density at radius 1 is 0.500 bits per heavy atom. The van der Waals surface area contributed by atoms with E-state index < -0.39 is 0 Å². The van der Waals surface area contributed by atoms with Crippen molar-refractivity contribution in [2.24, 2.45) is 0 Å². The van der Waals surface area contributed by atoms with Gasteiger partial charge in [0.25, 0.3) is 0 Å². The number of benzene rings is 4. The molecular weight excluding hydrogens is 661 g/mol. The molecule has 0 radical (unpaired) electrons. The molecule has 6 aromatic rings. The van der Waals surface area contributed by atoms with E-state index in [1.54, 1.807) is 0 Å². The number of ether oxygens (including phenoxy) is 1. The van der Waals surface area contributed by atoms with Crippen molar-refractivity contribution in [2.75, 3.05) is 0 Å². The van der Waals surface area contributed by atoms with Gasteiger partial charge in [-0.3, -0.25) is 0 Å². The van der Waals surface area contributed by atoms with Crippen molar-refractivity contribution in [1.82, 2.24) is 9.13 Å². The number of rotatable bonds is 18. The molecule has 1 aliphatic heterocycles. The first-order valence-corrected chi connectivity index (χ1v) is 20.8. The van der Waals surface area contributed by atoms with Gasteiger partial charge in [0.05, 0.1) is 13.1 Å². The second-order valence-electron chi connectivity index (χ2n) is 15.8. The summed E-state index contributed by atoms with van der Waals surface area (Å²) in [7, 11) is 0. The molecule has 3 heterocycles. The normalized spacial score (nSPS) is 13.0. The van der Waals surface area contributed by atoms with Crippen LogP contribution in [0.5, 0.6) is 11.5 Å². The molecule has 0 N–H and O–H groups in total. The number of hydrogen-bond donors (Lipinski definition) is 0. The van der Waals surface area contributed by atoms with Gasteiger partial charge in [0.1, 0.15) is 47.7 Å². The van der Waals surface area contributed by atoms with Gasteiger partial charge in [0.15, 0.2) is 0 Å². The maximum atomic E-state index is 7.04. The molecule has 0 fully saturated rings. The van der Waals surface area contributed by atoms with Crippen LogP contribution in [-0.4, -0.2) is 9.13 Å². The molecule has 54 heavy (non-hydrogen) atoms.